The summed E-state index contributed by atoms with van der Waals surface area (Å²) >= 11 is 7.20. The maximum absolute atomic E-state index is 12.3. The molecule has 1 aliphatic heterocycles. The number of likely N-dealkylation sites (tertiary alicyclic amines) is 1. The summed E-state index contributed by atoms with van der Waals surface area (Å²) < 4.78 is 5.00. The summed E-state index contributed by atoms with van der Waals surface area (Å²) in [7, 11) is 0. The fourth-order valence-corrected chi connectivity index (χ4v) is 4.20. The highest BCUT2D eigenvalue weighted by Crippen LogP contribution is 2.19. The summed E-state index contributed by atoms with van der Waals surface area (Å²) in [6.45, 7) is 3.28. The van der Waals surface area contributed by atoms with Crippen LogP contribution in [0.1, 0.15) is 31.9 Å². The predicted molar refractivity (Wildman–Crippen MR) is 124 cm³/mol. The number of hydrogen-bond donors (Lipinski definition) is 3. The van der Waals surface area contributed by atoms with Gasteiger partial charge in [-0.15, -0.1) is 11.3 Å². The van der Waals surface area contributed by atoms with Crippen molar-refractivity contribution in [2.24, 2.45) is 0 Å². The molecule has 0 bridgehead atoms. The maximum atomic E-state index is 12.3. The Morgan fingerprint density at radius 1 is 1.25 bits per heavy atom. The SMILES string of the molecule is CCOC(=O)N1CCC(NC(=O)CCc2csc(NC(=O)Nc3cccc(Cl)c3)n2)CC1. The van der Waals surface area contributed by atoms with Gasteiger partial charge < -0.3 is 20.3 Å². The van der Waals surface area contributed by atoms with E-state index in [2.05, 4.69) is 20.9 Å². The van der Waals surface area contributed by atoms with Gasteiger partial charge in [-0.3, -0.25) is 10.1 Å². The number of aryl methyl sites for hydroxylation is 1. The molecule has 32 heavy (non-hydrogen) atoms. The number of nitrogens with one attached hydrogen (secondary N) is 3. The average Bonchev–Trinajstić information content (AvgIpc) is 3.20. The number of aromatic nitrogens is 1. The molecule has 9 nitrogen and oxygen atoms in total. The highest BCUT2D eigenvalue weighted by molar-refractivity contribution is 7.13. The Hall–Kier alpha value is -2.85. The van der Waals surface area contributed by atoms with Crippen molar-refractivity contribution in [2.75, 3.05) is 30.3 Å². The van der Waals surface area contributed by atoms with E-state index in [1.807, 2.05) is 5.38 Å². The van der Waals surface area contributed by atoms with E-state index in [1.165, 1.54) is 11.3 Å². The molecule has 4 amide bonds. The maximum Gasteiger partial charge on any atom is 0.409 e. The molecule has 1 aromatic carbocycles. The van der Waals surface area contributed by atoms with E-state index < -0.39 is 6.03 Å². The van der Waals surface area contributed by atoms with Gasteiger partial charge in [-0.1, -0.05) is 17.7 Å². The molecule has 172 valence electrons. The molecule has 0 unspecified atom stereocenters. The molecule has 2 aromatic rings. The van der Waals surface area contributed by atoms with E-state index >= 15 is 0 Å². The first-order valence-electron chi connectivity index (χ1n) is 10.4. The number of halogens is 1. The lowest BCUT2D eigenvalue weighted by molar-refractivity contribution is -0.122. The number of thiazole rings is 1. The number of piperidine rings is 1. The van der Waals surface area contributed by atoms with Crippen LogP contribution < -0.4 is 16.0 Å². The van der Waals surface area contributed by atoms with Gasteiger partial charge in [-0.2, -0.15) is 0 Å². The monoisotopic (exact) mass is 479 g/mol. The van der Waals surface area contributed by atoms with Crippen LogP contribution in [-0.4, -0.2) is 53.7 Å². The summed E-state index contributed by atoms with van der Waals surface area (Å²) in [5.74, 6) is -0.0548. The number of ether oxygens (including phenoxy) is 1. The number of nitrogens with zero attached hydrogens (tertiary/aromatic N) is 2. The molecule has 2 heterocycles. The lowest BCUT2D eigenvalue weighted by Crippen LogP contribution is -2.46. The fourth-order valence-electron chi connectivity index (χ4n) is 3.27. The van der Waals surface area contributed by atoms with Crippen LogP contribution in [0.3, 0.4) is 0 Å². The van der Waals surface area contributed by atoms with Crippen molar-refractivity contribution < 1.29 is 19.1 Å². The number of amides is 4. The molecule has 1 aromatic heterocycles. The second-order valence-electron chi connectivity index (χ2n) is 7.26. The second-order valence-corrected chi connectivity index (χ2v) is 8.56. The smallest absolute Gasteiger partial charge is 0.409 e. The molecule has 0 saturated carbocycles. The lowest BCUT2D eigenvalue weighted by Gasteiger charge is -2.31. The van der Waals surface area contributed by atoms with E-state index in [0.717, 1.165) is 5.69 Å². The molecule has 11 heteroatoms. The number of carbonyl (C=O) groups excluding carboxylic acids is 3. The molecular formula is C21H26ClN5O4S. The van der Waals surface area contributed by atoms with Crippen molar-refractivity contribution >= 4 is 51.8 Å². The van der Waals surface area contributed by atoms with Crippen LogP contribution in [0.25, 0.3) is 0 Å². The van der Waals surface area contributed by atoms with E-state index in [4.69, 9.17) is 16.3 Å². The van der Waals surface area contributed by atoms with Crippen LogP contribution >= 0.6 is 22.9 Å². The Balaban J connectivity index is 1.37. The van der Waals surface area contributed by atoms with Gasteiger partial charge in [0.15, 0.2) is 5.13 Å². The normalized spacial score (nSPS) is 14.0. The predicted octanol–water partition coefficient (Wildman–Crippen LogP) is 4.11. The molecule has 0 spiro atoms. The van der Waals surface area contributed by atoms with Crippen LogP contribution in [0.15, 0.2) is 29.6 Å². The number of rotatable bonds is 7. The van der Waals surface area contributed by atoms with E-state index in [9.17, 15) is 14.4 Å². The third-order valence-corrected chi connectivity index (χ3v) is 5.89. The Labute approximate surface area is 195 Å². The highest BCUT2D eigenvalue weighted by atomic mass is 35.5. The number of urea groups is 1. The summed E-state index contributed by atoms with van der Waals surface area (Å²) in [6.07, 6.45) is 1.89. The van der Waals surface area contributed by atoms with Crippen molar-refractivity contribution in [1.29, 1.82) is 0 Å². The first-order chi connectivity index (χ1) is 15.4. The highest BCUT2D eigenvalue weighted by Gasteiger charge is 2.24. The standard InChI is InChI=1S/C21H26ClN5O4S/c1-2-31-21(30)27-10-8-15(9-11-27)23-18(28)7-6-17-13-32-20(25-17)26-19(29)24-16-5-3-4-14(22)12-16/h3-5,12-13,15H,2,6-11H2,1H3,(H,23,28)(H2,24,25,26,29). The molecule has 0 radical (unpaired) electrons. The van der Waals surface area contributed by atoms with Gasteiger partial charge >= 0.3 is 12.1 Å². The molecular weight excluding hydrogens is 454 g/mol. The van der Waals surface area contributed by atoms with Crippen LogP contribution in [0.5, 0.6) is 0 Å². The largest absolute Gasteiger partial charge is 0.450 e. The van der Waals surface area contributed by atoms with Gasteiger partial charge in [0.2, 0.25) is 5.91 Å². The molecule has 0 aliphatic carbocycles. The van der Waals surface area contributed by atoms with Gasteiger partial charge in [0, 0.05) is 41.6 Å². The van der Waals surface area contributed by atoms with Crippen LogP contribution in [-0.2, 0) is 16.0 Å². The minimum Gasteiger partial charge on any atom is -0.450 e. The molecule has 3 N–H and O–H groups in total. The Bertz CT molecular complexity index is 946. The number of benzene rings is 1. The van der Waals surface area contributed by atoms with Gasteiger partial charge in [0.05, 0.1) is 12.3 Å². The summed E-state index contributed by atoms with van der Waals surface area (Å²) in [4.78, 5) is 42.1. The molecule has 0 atom stereocenters. The number of carbonyl (C=O) groups is 3. The summed E-state index contributed by atoms with van der Waals surface area (Å²) in [6, 6.07) is 6.48. The first kappa shape index (κ1) is 23.8. The van der Waals surface area contributed by atoms with Gasteiger partial charge in [0.1, 0.15) is 0 Å². The zero-order valence-electron chi connectivity index (χ0n) is 17.7. The summed E-state index contributed by atoms with van der Waals surface area (Å²) in [5.41, 5.74) is 1.32. The summed E-state index contributed by atoms with van der Waals surface area (Å²) in [5, 5.41) is 11.2. The van der Waals surface area contributed by atoms with E-state index in [0.29, 0.717) is 61.2 Å². The van der Waals surface area contributed by atoms with Crippen LogP contribution in [0, 0.1) is 0 Å². The van der Waals surface area contributed by atoms with E-state index in [-0.39, 0.29) is 18.0 Å². The molecule has 1 aliphatic rings. The van der Waals surface area contributed by atoms with Crippen molar-refractivity contribution in [2.45, 2.75) is 38.6 Å². The zero-order valence-corrected chi connectivity index (χ0v) is 19.3. The molecule has 3 rings (SSSR count). The first-order valence-corrected chi connectivity index (χ1v) is 11.7. The van der Waals surface area contributed by atoms with Gasteiger partial charge in [0.25, 0.3) is 0 Å². The minimum atomic E-state index is -0.417. The number of anilines is 2. The zero-order chi connectivity index (χ0) is 22.9. The Morgan fingerprint density at radius 3 is 2.75 bits per heavy atom. The minimum absolute atomic E-state index is 0.0519. The van der Waals surface area contributed by atoms with Crippen molar-refractivity contribution in [1.82, 2.24) is 15.2 Å². The Kier molecular flexibility index (Phi) is 8.69. The van der Waals surface area contributed by atoms with Crippen LogP contribution in [0.2, 0.25) is 5.02 Å². The molecule has 1 fully saturated rings. The topological polar surface area (TPSA) is 113 Å². The third-order valence-electron chi connectivity index (χ3n) is 4.85. The third kappa shape index (κ3) is 7.38. The second kappa shape index (κ2) is 11.7. The van der Waals surface area contributed by atoms with Crippen molar-refractivity contribution in [3.8, 4) is 0 Å². The van der Waals surface area contributed by atoms with Gasteiger partial charge in [-0.25, -0.2) is 14.6 Å². The van der Waals surface area contributed by atoms with Crippen LogP contribution in [0.4, 0.5) is 20.4 Å². The fraction of sp³-hybridized carbons (Fsp3) is 0.429. The molecule has 1 saturated heterocycles. The van der Waals surface area contributed by atoms with Crippen molar-refractivity contribution in [3.05, 3.63) is 40.4 Å². The Morgan fingerprint density at radius 2 is 2.03 bits per heavy atom. The lowest BCUT2D eigenvalue weighted by atomic mass is 10.1. The van der Waals surface area contributed by atoms with E-state index in [1.54, 1.807) is 36.1 Å². The van der Waals surface area contributed by atoms with Crippen molar-refractivity contribution in [3.63, 3.8) is 0 Å². The van der Waals surface area contributed by atoms with Gasteiger partial charge in [-0.05, 0) is 44.4 Å². The average molecular weight is 480 g/mol. The quantitative estimate of drug-likeness (QED) is 0.553. The number of hydrogen-bond acceptors (Lipinski definition) is 6.